The number of carbonyl (C=O) groups is 1. The van der Waals surface area contributed by atoms with E-state index in [1.54, 1.807) is 18.5 Å². The lowest BCUT2D eigenvalue weighted by Crippen LogP contribution is -2.44. The first-order valence-corrected chi connectivity index (χ1v) is 8.95. The molecule has 6 heteroatoms. The molecule has 136 valence electrons. The van der Waals surface area contributed by atoms with Gasteiger partial charge in [0.1, 0.15) is 18.5 Å². The van der Waals surface area contributed by atoms with E-state index in [1.807, 2.05) is 60.5 Å². The SMILES string of the molecule is CN1c2ccccc2C(=O)N[C@@H]1c1cc(Cl)ccc1OCc1cccnc1. The molecule has 0 saturated carbocycles. The van der Waals surface area contributed by atoms with Gasteiger partial charge in [-0.05, 0) is 36.4 Å². The second-order valence-electron chi connectivity index (χ2n) is 6.34. The van der Waals surface area contributed by atoms with Crippen LogP contribution in [0.15, 0.2) is 67.0 Å². The Hall–Kier alpha value is -3.05. The van der Waals surface area contributed by atoms with Gasteiger partial charge in [-0.2, -0.15) is 0 Å². The zero-order valence-electron chi connectivity index (χ0n) is 14.7. The third-order valence-electron chi connectivity index (χ3n) is 4.57. The lowest BCUT2D eigenvalue weighted by Gasteiger charge is -2.37. The number of rotatable bonds is 4. The number of nitrogens with one attached hydrogen (secondary N) is 1. The number of halogens is 1. The molecule has 1 amide bonds. The van der Waals surface area contributed by atoms with Crippen LogP contribution in [0.2, 0.25) is 5.02 Å². The van der Waals surface area contributed by atoms with Gasteiger partial charge >= 0.3 is 0 Å². The first kappa shape index (κ1) is 17.4. The Labute approximate surface area is 162 Å². The zero-order chi connectivity index (χ0) is 18.8. The molecule has 1 atom stereocenters. The molecule has 3 aromatic rings. The summed E-state index contributed by atoms with van der Waals surface area (Å²) in [5.41, 5.74) is 3.28. The third-order valence-corrected chi connectivity index (χ3v) is 4.80. The fourth-order valence-electron chi connectivity index (χ4n) is 3.21. The van der Waals surface area contributed by atoms with Gasteiger partial charge < -0.3 is 15.0 Å². The number of benzene rings is 2. The molecule has 0 unspecified atom stereocenters. The summed E-state index contributed by atoms with van der Waals surface area (Å²) in [5, 5.41) is 3.62. The second-order valence-corrected chi connectivity index (χ2v) is 6.77. The largest absolute Gasteiger partial charge is 0.488 e. The Morgan fingerprint density at radius 2 is 2.04 bits per heavy atom. The Morgan fingerprint density at radius 1 is 1.19 bits per heavy atom. The molecule has 4 rings (SSSR count). The highest BCUT2D eigenvalue weighted by molar-refractivity contribution is 6.30. The number of para-hydroxylation sites is 1. The van der Waals surface area contributed by atoms with Crippen molar-refractivity contribution in [2.45, 2.75) is 12.8 Å². The van der Waals surface area contributed by atoms with Gasteiger partial charge in [0.15, 0.2) is 0 Å². The molecular formula is C21H18ClN3O2. The quantitative estimate of drug-likeness (QED) is 0.738. The second kappa shape index (κ2) is 7.29. The number of carbonyl (C=O) groups excluding carboxylic acids is 1. The first-order valence-electron chi connectivity index (χ1n) is 8.57. The number of anilines is 1. The topological polar surface area (TPSA) is 54.5 Å². The number of hydrogen-bond acceptors (Lipinski definition) is 4. The smallest absolute Gasteiger partial charge is 0.255 e. The lowest BCUT2D eigenvalue weighted by molar-refractivity contribution is 0.0927. The monoisotopic (exact) mass is 379 g/mol. The Balaban J connectivity index is 1.67. The molecular weight excluding hydrogens is 362 g/mol. The molecule has 5 nitrogen and oxygen atoms in total. The zero-order valence-corrected chi connectivity index (χ0v) is 15.5. The van der Waals surface area contributed by atoms with E-state index in [1.165, 1.54) is 0 Å². The molecule has 1 N–H and O–H groups in total. The molecule has 1 aliphatic rings. The van der Waals surface area contributed by atoms with E-state index in [0.717, 1.165) is 16.8 Å². The maximum Gasteiger partial charge on any atom is 0.255 e. The maximum atomic E-state index is 12.6. The summed E-state index contributed by atoms with van der Waals surface area (Å²) < 4.78 is 6.03. The predicted molar refractivity (Wildman–Crippen MR) is 105 cm³/mol. The molecule has 0 spiro atoms. The molecule has 0 saturated heterocycles. The molecule has 2 heterocycles. The van der Waals surface area contributed by atoms with Crippen molar-refractivity contribution >= 4 is 23.2 Å². The first-order chi connectivity index (χ1) is 13.1. The standard InChI is InChI=1S/C21H18ClN3O2/c1-25-18-7-3-2-6-16(18)21(26)24-20(25)17-11-15(22)8-9-19(17)27-13-14-5-4-10-23-12-14/h2-12,20H,13H2,1H3,(H,24,26)/t20-/m0/s1. The van der Waals surface area contributed by atoms with E-state index in [4.69, 9.17) is 16.3 Å². The van der Waals surface area contributed by atoms with Crippen molar-refractivity contribution in [1.82, 2.24) is 10.3 Å². The number of ether oxygens (including phenoxy) is 1. The van der Waals surface area contributed by atoms with Crippen molar-refractivity contribution in [3.8, 4) is 5.75 Å². The molecule has 1 aromatic heterocycles. The van der Waals surface area contributed by atoms with Gasteiger partial charge in [-0.15, -0.1) is 0 Å². The van der Waals surface area contributed by atoms with Crippen molar-refractivity contribution in [2.75, 3.05) is 11.9 Å². The van der Waals surface area contributed by atoms with Crippen LogP contribution < -0.4 is 15.0 Å². The number of amides is 1. The van der Waals surface area contributed by atoms with Crippen LogP contribution in [0.1, 0.15) is 27.7 Å². The molecule has 1 aliphatic heterocycles. The van der Waals surface area contributed by atoms with Crippen LogP contribution in [0.4, 0.5) is 5.69 Å². The van der Waals surface area contributed by atoms with Crippen LogP contribution in [0.3, 0.4) is 0 Å². The molecule has 0 radical (unpaired) electrons. The van der Waals surface area contributed by atoms with E-state index < -0.39 is 0 Å². The Bertz CT molecular complexity index is 978. The summed E-state index contributed by atoms with van der Waals surface area (Å²) in [5.74, 6) is 0.548. The van der Waals surface area contributed by atoms with Gasteiger partial charge in [0.2, 0.25) is 0 Å². The van der Waals surface area contributed by atoms with E-state index in [-0.39, 0.29) is 12.1 Å². The van der Waals surface area contributed by atoms with Crippen LogP contribution in [-0.4, -0.2) is 17.9 Å². The summed E-state index contributed by atoms with van der Waals surface area (Å²) in [6.07, 6.45) is 3.11. The van der Waals surface area contributed by atoms with Crippen LogP contribution in [0.5, 0.6) is 5.75 Å². The van der Waals surface area contributed by atoms with Gasteiger partial charge in [0.05, 0.1) is 11.3 Å². The van der Waals surface area contributed by atoms with Crippen molar-refractivity contribution in [1.29, 1.82) is 0 Å². The minimum Gasteiger partial charge on any atom is -0.488 e. The number of nitrogens with zero attached hydrogens (tertiary/aromatic N) is 2. The number of pyridine rings is 1. The summed E-state index contributed by atoms with van der Waals surface area (Å²) in [7, 11) is 1.94. The highest BCUT2D eigenvalue weighted by atomic mass is 35.5. The van der Waals surface area contributed by atoms with Gasteiger partial charge in [-0.3, -0.25) is 9.78 Å². The lowest BCUT2D eigenvalue weighted by atomic mass is 10.0. The van der Waals surface area contributed by atoms with E-state index in [2.05, 4.69) is 10.3 Å². The van der Waals surface area contributed by atoms with Gasteiger partial charge in [0.25, 0.3) is 5.91 Å². The van der Waals surface area contributed by atoms with Crippen LogP contribution in [0.25, 0.3) is 0 Å². The fraction of sp³-hybridized carbons (Fsp3) is 0.143. The highest BCUT2D eigenvalue weighted by Gasteiger charge is 2.31. The van der Waals surface area contributed by atoms with Crippen molar-refractivity contribution in [3.05, 3.63) is 88.7 Å². The summed E-state index contributed by atoms with van der Waals surface area (Å²) in [6, 6.07) is 16.8. The van der Waals surface area contributed by atoms with Crippen LogP contribution in [0, 0.1) is 0 Å². The summed E-state index contributed by atoms with van der Waals surface area (Å²) >= 11 is 6.24. The van der Waals surface area contributed by atoms with Crippen molar-refractivity contribution in [2.24, 2.45) is 0 Å². The van der Waals surface area contributed by atoms with Gasteiger partial charge in [0, 0.05) is 35.6 Å². The number of hydrogen-bond donors (Lipinski definition) is 1. The van der Waals surface area contributed by atoms with E-state index in [9.17, 15) is 4.79 Å². The Morgan fingerprint density at radius 3 is 2.85 bits per heavy atom. The van der Waals surface area contributed by atoms with Crippen LogP contribution >= 0.6 is 11.6 Å². The third kappa shape index (κ3) is 3.46. The summed E-state index contributed by atoms with van der Waals surface area (Å²) in [6.45, 7) is 0.378. The minimum atomic E-state index is -0.380. The molecule has 2 aromatic carbocycles. The predicted octanol–water partition coefficient (Wildman–Crippen LogP) is 4.19. The molecule has 27 heavy (non-hydrogen) atoms. The Kier molecular flexibility index (Phi) is 4.69. The highest BCUT2D eigenvalue weighted by Crippen LogP contribution is 2.36. The van der Waals surface area contributed by atoms with E-state index >= 15 is 0 Å². The molecule has 0 aliphatic carbocycles. The maximum absolute atomic E-state index is 12.6. The van der Waals surface area contributed by atoms with Crippen LogP contribution in [-0.2, 0) is 6.61 Å². The number of fused-ring (bicyclic) bond motifs is 1. The number of aromatic nitrogens is 1. The molecule has 0 bridgehead atoms. The van der Waals surface area contributed by atoms with Gasteiger partial charge in [-0.25, -0.2) is 0 Å². The molecule has 0 fully saturated rings. The summed E-state index contributed by atoms with van der Waals surface area (Å²) in [4.78, 5) is 18.7. The van der Waals surface area contributed by atoms with Crippen molar-refractivity contribution < 1.29 is 9.53 Å². The van der Waals surface area contributed by atoms with E-state index in [0.29, 0.717) is 22.9 Å². The van der Waals surface area contributed by atoms with Gasteiger partial charge in [-0.1, -0.05) is 29.8 Å². The fourth-order valence-corrected chi connectivity index (χ4v) is 3.39. The average molecular weight is 380 g/mol. The normalized spacial score (nSPS) is 15.9. The minimum absolute atomic E-state index is 0.119. The average Bonchev–Trinajstić information content (AvgIpc) is 2.70. The van der Waals surface area contributed by atoms with Crippen molar-refractivity contribution in [3.63, 3.8) is 0 Å².